The molecule has 0 fully saturated rings. The number of aldehydes is 1. The highest BCUT2D eigenvalue weighted by atomic mass is 35.5. The van der Waals surface area contributed by atoms with Crippen LogP contribution >= 0.6 is 11.6 Å². The molecule has 2 unspecified atom stereocenters. The van der Waals surface area contributed by atoms with Crippen molar-refractivity contribution in [1.29, 1.82) is 0 Å². The van der Waals surface area contributed by atoms with Crippen molar-refractivity contribution in [1.82, 2.24) is 0 Å². The number of hydrogen-bond donors (Lipinski definition) is 1. The van der Waals surface area contributed by atoms with Crippen LogP contribution < -0.4 is 10.1 Å². The number of allylic oxidation sites excluding steroid dienone is 1. The highest BCUT2D eigenvalue weighted by molar-refractivity contribution is 6.32. The van der Waals surface area contributed by atoms with Gasteiger partial charge in [-0.15, -0.1) is 0 Å². The number of hydrogen-bond acceptors (Lipinski definition) is 6. The van der Waals surface area contributed by atoms with Crippen LogP contribution in [0.5, 0.6) is 5.75 Å². The number of anilines is 1. The van der Waals surface area contributed by atoms with Crippen molar-refractivity contribution >= 4 is 35.7 Å². The maximum Gasteiger partial charge on any atom is 0.160 e. The van der Waals surface area contributed by atoms with Crippen LogP contribution in [0.4, 0.5) is 10.1 Å². The minimum Gasteiger partial charge on any atom is -0.487 e. The van der Waals surface area contributed by atoms with E-state index in [2.05, 4.69) is 21.4 Å². The van der Waals surface area contributed by atoms with Crippen LogP contribution in [0.25, 0.3) is 0 Å². The molecule has 0 bridgehead atoms. The van der Waals surface area contributed by atoms with Crippen LogP contribution in [0.1, 0.15) is 25.3 Å². The molecule has 1 aliphatic carbocycles. The van der Waals surface area contributed by atoms with Crippen molar-refractivity contribution in [3.05, 3.63) is 94.0 Å². The number of amidine groups is 1. The van der Waals surface area contributed by atoms with Gasteiger partial charge in [0.25, 0.3) is 0 Å². The molecule has 1 N–H and O–H groups in total. The Bertz CT molecular complexity index is 1330. The van der Waals surface area contributed by atoms with Crippen molar-refractivity contribution in [2.24, 2.45) is 9.98 Å². The topological polar surface area (TPSA) is 72.3 Å². The number of rotatable bonds is 6. The zero-order chi connectivity index (χ0) is 24.4. The molecule has 0 saturated heterocycles. The Morgan fingerprint density at radius 2 is 2.17 bits per heavy atom. The van der Waals surface area contributed by atoms with Crippen molar-refractivity contribution in [2.75, 3.05) is 5.32 Å². The zero-order valence-electron chi connectivity index (χ0n) is 19.0. The van der Waals surface area contributed by atoms with Crippen LogP contribution in [-0.4, -0.2) is 30.1 Å². The summed E-state index contributed by atoms with van der Waals surface area (Å²) >= 11 is 6.46. The van der Waals surface area contributed by atoms with Gasteiger partial charge in [0.15, 0.2) is 12.4 Å². The summed E-state index contributed by atoms with van der Waals surface area (Å²) in [5, 5.41) is 3.76. The number of nitrogens with one attached hydrogen (secondary N) is 1. The van der Waals surface area contributed by atoms with Gasteiger partial charge in [0.1, 0.15) is 36.1 Å². The van der Waals surface area contributed by atoms with Gasteiger partial charge in [-0.1, -0.05) is 29.8 Å². The standard InChI is InChI=1S/C27H23ClFN3O3/c1-27-10-9-18(24-8-6-21(14-33)35-24)12-22(27)26(30-16-31-27)32-20-5-7-25(23(28)13-20)34-15-17-3-2-4-19(29)11-17/h2-5,7-9,11-14,16,21H,6,10,15H2,1H3,(H,30,31,32). The number of fused-ring (bicyclic) bond motifs is 1. The number of aliphatic imine (C=N–C) groups is 2. The highest BCUT2D eigenvalue weighted by Gasteiger charge is 2.36. The summed E-state index contributed by atoms with van der Waals surface area (Å²) in [6, 6.07) is 11.6. The van der Waals surface area contributed by atoms with E-state index in [1.165, 1.54) is 12.1 Å². The van der Waals surface area contributed by atoms with Gasteiger partial charge in [-0.2, -0.15) is 0 Å². The fourth-order valence-electron chi connectivity index (χ4n) is 4.16. The Morgan fingerprint density at radius 3 is 2.94 bits per heavy atom. The lowest BCUT2D eigenvalue weighted by atomic mass is 9.81. The maximum absolute atomic E-state index is 13.4. The van der Waals surface area contributed by atoms with Crippen LogP contribution in [-0.2, 0) is 16.1 Å². The predicted octanol–water partition coefficient (Wildman–Crippen LogP) is 5.80. The molecule has 0 saturated carbocycles. The first-order valence-corrected chi connectivity index (χ1v) is 11.6. The molecule has 0 radical (unpaired) electrons. The SMILES string of the molecule is CC12CC=C(C3=CCC(C=O)O3)C=C1C(Nc1ccc(OCc3cccc(F)c3)c(Cl)c1)=NC=N2. The van der Waals surface area contributed by atoms with Crippen molar-refractivity contribution in [3.8, 4) is 5.75 Å². The maximum atomic E-state index is 13.4. The molecule has 0 aromatic heterocycles. The molecule has 6 nitrogen and oxygen atoms in total. The quantitative estimate of drug-likeness (QED) is 0.518. The number of nitrogens with zero attached hydrogens (tertiary/aromatic N) is 2. The average molecular weight is 492 g/mol. The van der Waals surface area contributed by atoms with Crippen LogP contribution in [0.2, 0.25) is 5.02 Å². The van der Waals surface area contributed by atoms with Gasteiger partial charge in [0.2, 0.25) is 0 Å². The Kier molecular flexibility index (Phi) is 6.26. The molecule has 2 heterocycles. The minimum absolute atomic E-state index is 0.205. The van der Waals surface area contributed by atoms with E-state index in [1.807, 2.05) is 25.1 Å². The molecule has 35 heavy (non-hydrogen) atoms. The first kappa shape index (κ1) is 23.1. The number of ether oxygens (including phenoxy) is 2. The number of carbonyl (C=O) groups is 1. The smallest absolute Gasteiger partial charge is 0.160 e. The van der Waals surface area contributed by atoms with E-state index in [1.54, 1.807) is 30.6 Å². The number of carbonyl (C=O) groups excluding carboxylic acids is 1. The van der Waals surface area contributed by atoms with Gasteiger partial charge in [-0.25, -0.2) is 9.38 Å². The molecular formula is C27H23ClFN3O3. The Hall–Kier alpha value is -3.71. The van der Waals surface area contributed by atoms with E-state index < -0.39 is 11.6 Å². The van der Waals surface area contributed by atoms with Crippen molar-refractivity contribution in [2.45, 2.75) is 38.0 Å². The van der Waals surface area contributed by atoms with Gasteiger partial charge < -0.3 is 14.8 Å². The Morgan fingerprint density at radius 1 is 1.29 bits per heavy atom. The molecule has 2 aromatic rings. The summed E-state index contributed by atoms with van der Waals surface area (Å²) in [5.74, 6) is 1.54. The molecule has 2 aliphatic heterocycles. The van der Waals surface area contributed by atoms with Gasteiger partial charge >= 0.3 is 0 Å². The third-order valence-corrected chi connectivity index (χ3v) is 6.41. The molecule has 2 atom stereocenters. The second-order valence-corrected chi connectivity index (χ2v) is 9.11. The molecule has 3 aliphatic rings. The van der Waals surface area contributed by atoms with Crippen LogP contribution in [0.15, 0.2) is 87.6 Å². The summed E-state index contributed by atoms with van der Waals surface area (Å²) in [5.41, 5.74) is 2.81. The fourth-order valence-corrected chi connectivity index (χ4v) is 4.40. The van der Waals surface area contributed by atoms with Gasteiger partial charge in [0, 0.05) is 23.3 Å². The number of halogens is 2. The van der Waals surface area contributed by atoms with Gasteiger partial charge in [0.05, 0.1) is 10.6 Å². The first-order valence-electron chi connectivity index (χ1n) is 11.2. The van der Waals surface area contributed by atoms with Crippen LogP contribution in [0, 0.1) is 5.82 Å². The molecule has 5 rings (SSSR count). The lowest BCUT2D eigenvalue weighted by molar-refractivity contribution is -0.114. The van der Waals surface area contributed by atoms with E-state index in [0.717, 1.165) is 23.1 Å². The summed E-state index contributed by atoms with van der Waals surface area (Å²) in [7, 11) is 0. The van der Waals surface area contributed by atoms with Gasteiger partial charge in [-0.3, -0.25) is 9.79 Å². The lowest BCUT2D eigenvalue weighted by Crippen LogP contribution is -2.37. The third kappa shape index (κ3) is 4.91. The summed E-state index contributed by atoms with van der Waals surface area (Å²) in [6.45, 7) is 2.25. The zero-order valence-corrected chi connectivity index (χ0v) is 19.8. The Balaban J connectivity index is 1.32. The summed E-state index contributed by atoms with van der Waals surface area (Å²) < 4.78 is 24.9. The van der Waals surface area contributed by atoms with Crippen molar-refractivity contribution in [3.63, 3.8) is 0 Å². The molecular weight excluding hydrogens is 469 g/mol. The fraction of sp³-hybridized carbons (Fsp3) is 0.222. The third-order valence-electron chi connectivity index (χ3n) is 6.11. The molecule has 2 aromatic carbocycles. The van der Waals surface area contributed by atoms with E-state index in [-0.39, 0.29) is 12.4 Å². The minimum atomic E-state index is -0.464. The molecule has 0 spiro atoms. The van der Waals surface area contributed by atoms with E-state index >= 15 is 0 Å². The van der Waals surface area contributed by atoms with E-state index in [0.29, 0.717) is 40.8 Å². The molecule has 0 amide bonds. The lowest BCUT2D eigenvalue weighted by Gasteiger charge is -2.34. The second kappa shape index (κ2) is 9.50. The van der Waals surface area contributed by atoms with E-state index in [4.69, 9.17) is 21.1 Å². The summed E-state index contributed by atoms with van der Waals surface area (Å²) in [6.07, 6.45) is 9.20. The van der Waals surface area contributed by atoms with E-state index in [9.17, 15) is 9.18 Å². The average Bonchev–Trinajstić information content (AvgIpc) is 3.33. The largest absolute Gasteiger partial charge is 0.487 e. The second-order valence-electron chi connectivity index (χ2n) is 8.70. The monoisotopic (exact) mass is 491 g/mol. The molecule has 8 heteroatoms. The van der Waals surface area contributed by atoms with Crippen LogP contribution in [0.3, 0.4) is 0 Å². The first-order chi connectivity index (χ1) is 16.9. The predicted molar refractivity (Wildman–Crippen MR) is 135 cm³/mol. The summed E-state index contributed by atoms with van der Waals surface area (Å²) in [4.78, 5) is 20.2. The van der Waals surface area contributed by atoms with Crippen molar-refractivity contribution < 1.29 is 18.7 Å². The normalized spacial score (nSPS) is 22.8. The number of benzene rings is 2. The highest BCUT2D eigenvalue weighted by Crippen LogP contribution is 2.38. The Labute approximate surface area is 207 Å². The van der Waals surface area contributed by atoms with Gasteiger partial charge in [-0.05, 0) is 61.4 Å². The molecule has 178 valence electrons.